The third-order valence-corrected chi connectivity index (χ3v) is 3.59. The van der Waals surface area contributed by atoms with Gasteiger partial charge in [-0.3, -0.25) is 0 Å². The van der Waals surface area contributed by atoms with Crippen LogP contribution < -0.4 is 9.47 Å². The number of terminal acetylenes is 1. The lowest BCUT2D eigenvalue weighted by atomic mass is 10.1. The third-order valence-electron chi connectivity index (χ3n) is 3.59. The van der Waals surface area contributed by atoms with E-state index in [2.05, 4.69) is 22.0 Å². The molecule has 0 radical (unpaired) electrons. The molecule has 0 fully saturated rings. The van der Waals surface area contributed by atoms with Crippen molar-refractivity contribution in [2.45, 2.75) is 0 Å². The number of nitrogens with zero attached hydrogens (tertiary/aromatic N) is 2. The molecule has 0 aliphatic heterocycles. The Labute approximate surface area is 145 Å². The lowest BCUT2D eigenvalue weighted by Crippen LogP contribution is -1.97. The standard InChI is InChI=1S/C20H15N3O2/c1-3-10-25-19-9-8-16(24-2)12-14(19)11-15(13-21)20-22-17-6-4-5-7-18(17)23-20/h1,4-9,11-12H,10H2,2H3,(H,22,23)/b15-11+. The summed E-state index contributed by atoms with van der Waals surface area (Å²) in [6, 6.07) is 15.1. The van der Waals surface area contributed by atoms with Crippen molar-refractivity contribution in [3.05, 3.63) is 53.9 Å². The van der Waals surface area contributed by atoms with Crippen LogP contribution >= 0.6 is 0 Å². The minimum atomic E-state index is 0.139. The fourth-order valence-electron chi connectivity index (χ4n) is 2.41. The number of allylic oxidation sites excluding steroid dienone is 1. The maximum Gasteiger partial charge on any atom is 0.149 e. The summed E-state index contributed by atoms with van der Waals surface area (Å²) in [5.74, 6) is 4.15. The van der Waals surface area contributed by atoms with E-state index in [0.717, 1.165) is 11.0 Å². The lowest BCUT2D eigenvalue weighted by molar-refractivity contribution is 0.367. The average Bonchev–Trinajstić information content (AvgIpc) is 3.08. The fraction of sp³-hybridized carbons (Fsp3) is 0.100. The number of imidazole rings is 1. The van der Waals surface area contributed by atoms with Crippen molar-refractivity contribution in [3.8, 4) is 29.9 Å². The zero-order valence-electron chi connectivity index (χ0n) is 13.6. The van der Waals surface area contributed by atoms with Crippen LogP contribution in [0, 0.1) is 23.7 Å². The van der Waals surface area contributed by atoms with Crippen LogP contribution in [0.2, 0.25) is 0 Å². The number of hydrogen-bond acceptors (Lipinski definition) is 4. The first kappa shape index (κ1) is 16.2. The van der Waals surface area contributed by atoms with Gasteiger partial charge in [0.2, 0.25) is 0 Å². The second-order valence-corrected chi connectivity index (χ2v) is 5.17. The highest BCUT2D eigenvalue weighted by Gasteiger charge is 2.10. The largest absolute Gasteiger partial charge is 0.497 e. The number of nitriles is 1. The van der Waals surface area contributed by atoms with Crippen LogP contribution in [0.3, 0.4) is 0 Å². The molecular formula is C20H15N3O2. The van der Waals surface area contributed by atoms with E-state index in [9.17, 15) is 5.26 Å². The van der Waals surface area contributed by atoms with Crippen molar-refractivity contribution >= 4 is 22.7 Å². The maximum atomic E-state index is 9.58. The molecule has 0 atom stereocenters. The van der Waals surface area contributed by atoms with Gasteiger partial charge in [-0.15, -0.1) is 6.42 Å². The zero-order chi connectivity index (χ0) is 17.6. The van der Waals surface area contributed by atoms with E-state index in [4.69, 9.17) is 15.9 Å². The predicted molar refractivity (Wildman–Crippen MR) is 96.9 cm³/mol. The van der Waals surface area contributed by atoms with Crippen LogP contribution in [0.15, 0.2) is 42.5 Å². The normalized spacial score (nSPS) is 10.9. The number of methoxy groups -OCH3 is 1. The van der Waals surface area contributed by atoms with Gasteiger partial charge >= 0.3 is 0 Å². The lowest BCUT2D eigenvalue weighted by Gasteiger charge is -2.09. The molecule has 3 aromatic rings. The van der Waals surface area contributed by atoms with Gasteiger partial charge in [0, 0.05) is 5.56 Å². The molecule has 1 N–H and O–H groups in total. The number of H-pyrrole nitrogens is 1. The quantitative estimate of drug-likeness (QED) is 0.573. The molecule has 0 aliphatic rings. The number of rotatable bonds is 5. The molecule has 0 unspecified atom stereocenters. The topological polar surface area (TPSA) is 70.9 Å². The van der Waals surface area contributed by atoms with Gasteiger partial charge in [0.1, 0.15) is 30.0 Å². The third kappa shape index (κ3) is 3.46. The summed E-state index contributed by atoms with van der Waals surface area (Å²) in [6.45, 7) is 0.139. The number of nitrogens with one attached hydrogen (secondary N) is 1. The minimum absolute atomic E-state index is 0.139. The van der Waals surface area contributed by atoms with Gasteiger partial charge in [-0.1, -0.05) is 18.1 Å². The Kier molecular flexibility index (Phi) is 4.69. The van der Waals surface area contributed by atoms with Crippen molar-refractivity contribution in [1.29, 1.82) is 5.26 Å². The number of fused-ring (bicyclic) bond motifs is 1. The van der Waals surface area contributed by atoms with Crippen molar-refractivity contribution in [1.82, 2.24) is 9.97 Å². The van der Waals surface area contributed by atoms with Gasteiger partial charge in [0.15, 0.2) is 0 Å². The molecule has 2 aromatic carbocycles. The fourth-order valence-corrected chi connectivity index (χ4v) is 2.41. The highest BCUT2D eigenvalue weighted by Crippen LogP contribution is 2.28. The molecule has 1 aromatic heterocycles. The first-order valence-corrected chi connectivity index (χ1v) is 7.56. The summed E-state index contributed by atoms with van der Waals surface area (Å²) in [4.78, 5) is 7.62. The summed E-state index contributed by atoms with van der Waals surface area (Å²) >= 11 is 0. The van der Waals surface area contributed by atoms with Gasteiger partial charge in [0.25, 0.3) is 0 Å². The van der Waals surface area contributed by atoms with Crippen LogP contribution in [0.25, 0.3) is 22.7 Å². The molecule has 0 saturated carbocycles. The van der Waals surface area contributed by atoms with E-state index in [1.807, 2.05) is 24.3 Å². The van der Waals surface area contributed by atoms with E-state index < -0.39 is 0 Å². The highest BCUT2D eigenvalue weighted by molar-refractivity contribution is 5.91. The van der Waals surface area contributed by atoms with Gasteiger partial charge in [0.05, 0.1) is 23.7 Å². The number of hydrogen-bond donors (Lipinski definition) is 1. The van der Waals surface area contributed by atoms with Gasteiger partial charge < -0.3 is 14.5 Å². The van der Waals surface area contributed by atoms with Crippen LogP contribution in [-0.4, -0.2) is 23.7 Å². The summed E-state index contributed by atoms with van der Waals surface area (Å²) < 4.78 is 10.8. The first-order chi connectivity index (χ1) is 12.2. The van der Waals surface area contributed by atoms with E-state index in [-0.39, 0.29) is 6.61 Å². The molecule has 5 heteroatoms. The number of ether oxygens (including phenoxy) is 2. The number of aromatic nitrogens is 2. The summed E-state index contributed by atoms with van der Waals surface area (Å²) in [6.07, 6.45) is 6.96. The molecule has 5 nitrogen and oxygen atoms in total. The number of aromatic amines is 1. The molecular weight excluding hydrogens is 314 g/mol. The summed E-state index contributed by atoms with van der Waals surface area (Å²) in [5.41, 5.74) is 2.74. The van der Waals surface area contributed by atoms with E-state index in [1.165, 1.54) is 0 Å². The Balaban J connectivity index is 2.07. The monoisotopic (exact) mass is 329 g/mol. The Hall–Kier alpha value is -3.70. The Bertz CT molecular complexity index is 986. The van der Waals surface area contributed by atoms with E-state index in [1.54, 1.807) is 31.4 Å². The zero-order valence-corrected chi connectivity index (χ0v) is 13.6. The number of para-hydroxylation sites is 2. The van der Waals surface area contributed by atoms with Crippen molar-refractivity contribution in [2.75, 3.05) is 13.7 Å². The van der Waals surface area contributed by atoms with Gasteiger partial charge in [-0.25, -0.2) is 4.98 Å². The Morgan fingerprint density at radius 3 is 2.88 bits per heavy atom. The summed E-state index contributed by atoms with van der Waals surface area (Å²) in [5, 5.41) is 9.58. The van der Waals surface area contributed by atoms with Gasteiger partial charge in [-0.2, -0.15) is 5.26 Å². The Morgan fingerprint density at radius 1 is 1.32 bits per heavy atom. The molecule has 0 amide bonds. The van der Waals surface area contributed by atoms with E-state index in [0.29, 0.717) is 28.5 Å². The van der Waals surface area contributed by atoms with Crippen molar-refractivity contribution in [3.63, 3.8) is 0 Å². The molecule has 0 bridgehead atoms. The van der Waals surface area contributed by atoms with Crippen LogP contribution in [-0.2, 0) is 0 Å². The van der Waals surface area contributed by atoms with Crippen LogP contribution in [0.5, 0.6) is 11.5 Å². The Morgan fingerprint density at radius 2 is 2.16 bits per heavy atom. The molecule has 0 spiro atoms. The van der Waals surface area contributed by atoms with Gasteiger partial charge in [-0.05, 0) is 36.4 Å². The smallest absolute Gasteiger partial charge is 0.149 e. The van der Waals surface area contributed by atoms with Crippen LogP contribution in [0.1, 0.15) is 11.4 Å². The summed E-state index contributed by atoms with van der Waals surface area (Å²) in [7, 11) is 1.58. The second kappa shape index (κ2) is 7.25. The first-order valence-electron chi connectivity index (χ1n) is 7.56. The average molecular weight is 329 g/mol. The highest BCUT2D eigenvalue weighted by atomic mass is 16.5. The maximum absolute atomic E-state index is 9.58. The SMILES string of the molecule is C#CCOc1ccc(OC)cc1/C=C(\C#N)c1nc2ccccc2[nH]1. The van der Waals surface area contributed by atoms with E-state index >= 15 is 0 Å². The molecule has 0 saturated heterocycles. The number of benzene rings is 2. The molecule has 3 rings (SSSR count). The molecule has 1 heterocycles. The molecule has 25 heavy (non-hydrogen) atoms. The minimum Gasteiger partial charge on any atom is -0.497 e. The molecule has 0 aliphatic carbocycles. The van der Waals surface area contributed by atoms with Crippen molar-refractivity contribution < 1.29 is 9.47 Å². The predicted octanol–water partition coefficient (Wildman–Crippen LogP) is 3.65. The van der Waals surface area contributed by atoms with Crippen molar-refractivity contribution in [2.24, 2.45) is 0 Å². The van der Waals surface area contributed by atoms with Crippen LogP contribution in [0.4, 0.5) is 0 Å². The second-order valence-electron chi connectivity index (χ2n) is 5.17. The molecule has 122 valence electrons.